The summed E-state index contributed by atoms with van der Waals surface area (Å²) in [6, 6.07) is 43.4. The fraction of sp³-hybridized carbons (Fsp3) is 0.160. The first-order valence-electron chi connectivity index (χ1n) is 19.3. The van der Waals surface area contributed by atoms with Gasteiger partial charge in [0, 0.05) is 0 Å². The third-order valence-electron chi connectivity index (χ3n) is 10.6. The third kappa shape index (κ3) is 7.23. The first-order chi connectivity index (χ1) is 27.8. The van der Waals surface area contributed by atoms with Crippen molar-refractivity contribution in [1.29, 1.82) is 0 Å². The van der Waals surface area contributed by atoms with Crippen LogP contribution in [0.4, 0.5) is 0 Å². The Morgan fingerprint density at radius 2 is 0.828 bits per heavy atom. The van der Waals surface area contributed by atoms with Crippen LogP contribution < -0.4 is 0 Å². The van der Waals surface area contributed by atoms with Crippen LogP contribution >= 0.6 is 0 Å². The molecule has 0 unspecified atom stereocenters. The fourth-order valence-corrected chi connectivity index (χ4v) is 11.6. The van der Waals surface area contributed by atoms with E-state index in [-0.39, 0.29) is 51.3 Å². The Bertz CT molecular complexity index is 2820. The maximum atomic E-state index is 10.7. The predicted molar refractivity (Wildman–Crippen MR) is 240 cm³/mol. The van der Waals surface area contributed by atoms with Gasteiger partial charge in [0.15, 0.2) is 0 Å². The molecule has 0 spiro atoms. The molecule has 0 bridgehead atoms. The molecule has 3 aromatic heterocycles. The quantitative estimate of drug-likeness (QED) is 0.162. The van der Waals surface area contributed by atoms with Gasteiger partial charge >= 0.3 is 352 Å². The molecule has 9 aromatic rings. The molecule has 0 amide bonds. The van der Waals surface area contributed by atoms with E-state index < -0.39 is 0 Å². The molecule has 58 heavy (non-hydrogen) atoms. The first-order valence-corrected chi connectivity index (χ1v) is 22.7. The second-order valence-corrected chi connectivity index (χ2v) is 21.1. The van der Waals surface area contributed by atoms with Crippen molar-refractivity contribution in [3.63, 3.8) is 0 Å². The average Bonchev–Trinajstić information content (AvgIpc) is 3.85. The van der Waals surface area contributed by atoms with Crippen LogP contribution in [-0.4, -0.2) is 59.2 Å². The van der Waals surface area contributed by atoms with Crippen molar-refractivity contribution < 1.29 is 10.2 Å². The molecule has 286 valence electrons. The first kappa shape index (κ1) is 37.9. The molecule has 8 heteroatoms. The minimum atomic E-state index is -0.123. The summed E-state index contributed by atoms with van der Waals surface area (Å²) in [7, 11) is 0. The van der Waals surface area contributed by atoms with Crippen LogP contribution in [0.15, 0.2) is 134 Å². The minimum absolute atomic E-state index is 0.0309. The number of fused-ring (bicyclic) bond motifs is 2. The molecule has 0 saturated heterocycles. The zero-order chi connectivity index (χ0) is 40.3. The number of hydrogen-bond acceptors (Lipinski definition) is 6. The zero-order valence-electron chi connectivity index (χ0n) is 33.2. The normalized spacial score (nSPS) is 12.1. The van der Waals surface area contributed by atoms with E-state index >= 15 is 0 Å². The van der Waals surface area contributed by atoms with Crippen molar-refractivity contribution in [2.24, 2.45) is 0 Å². The number of para-hydroxylation sites is 4. The Balaban J connectivity index is 1.16. The van der Waals surface area contributed by atoms with Gasteiger partial charge in [-0.1, -0.05) is 0 Å². The molecule has 0 saturated carbocycles. The zero-order valence-corrected chi connectivity index (χ0v) is 36.6. The molecule has 6 nitrogen and oxygen atoms in total. The molecule has 6 aromatic carbocycles. The molecule has 0 aliphatic carbocycles. The summed E-state index contributed by atoms with van der Waals surface area (Å²) < 4.78 is 4.27. The van der Waals surface area contributed by atoms with Gasteiger partial charge in [-0.25, -0.2) is 0 Å². The van der Waals surface area contributed by atoms with Crippen LogP contribution in [0.5, 0.6) is 11.5 Å². The van der Waals surface area contributed by atoms with Crippen molar-refractivity contribution in [2.75, 3.05) is 0 Å². The Labute approximate surface area is 350 Å². The summed E-state index contributed by atoms with van der Waals surface area (Å²) in [5, 5.41) is 21.3. The molecular weight excluding hydrogens is 846 g/mol. The SMILES string of the molecule is CC(C)(C)c1cc(-c2cc(-c3cc(-c4cccc5[se]c(-c6ccccc6O)nc45)cc(C(C)(C)C)c3)ncn2)cc(-c2cccc3[se]c(-c4ccccc4O)nc23)c1. The average molecular weight is 889 g/mol. The van der Waals surface area contributed by atoms with Crippen LogP contribution in [0, 0.1) is 0 Å². The Morgan fingerprint density at radius 3 is 1.24 bits per heavy atom. The number of aromatic nitrogens is 4. The van der Waals surface area contributed by atoms with E-state index in [0.29, 0.717) is 0 Å². The number of phenols is 2. The van der Waals surface area contributed by atoms with Gasteiger partial charge in [-0.3, -0.25) is 0 Å². The van der Waals surface area contributed by atoms with Crippen LogP contribution in [0.1, 0.15) is 52.7 Å². The monoisotopic (exact) mass is 890 g/mol. The van der Waals surface area contributed by atoms with E-state index in [1.807, 2.05) is 36.4 Å². The predicted octanol–water partition coefficient (Wildman–Crippen LogP) is 11.7. The number of rotatable bonds is 6. The molecule has 0 atom stereocenters. The van der Waals surface area contributed by atoms with Crippen LogP contribution in [0.2, 0.25) is 0 Å². The van der Waals surface area contributed by atoms with Gasteiger partial charge in [-0.15, -0.1) is 0 Å². The van der Waals surface area contributed by atoms with Crippen LogP contribution in [0.25, 0.3) is 84.6 Å². The van der Waals surface area contributed by atoms with E-state index in [1.54, 1.807) is 18.5 Å². The number of phenolic OH excluding ortho intramolecular Hbond substituents is 2. The van der Waals surface area contributed by atoms with Crippen LogP contribution in [-0.2, 0) is 10.8 Å². The van der Waals surface area contributed by atoms with Crippen molar-refractivity contribution in [2.45, 2.75) is 52.4 Å². The summed E-state index contributed by atoms with van der Waals surface area (Å²) in [6.45, 7) is 13.4. The van der Waals surface area contributed by atoms with E-state index in [9.17, 15) is 10.2 Å². The van der Waals surface area contributed by atoms with E-state index in [1.165, 1.54) is 19.6 Å². The Morgan fingerprint density at radius 1 is 0.431 bits per heavy atom. The van der Waals surface area contributed by atoms with E-state index in [4.69, 9.17) is 19.9 Å². The second-order valence-electron chi connectivity index (χ2n) is 16.8. The Hall–Kier alpha value is -5.62. The standard InChI is InChI=1S/C50H42N4O2Se2/c1-49(2,3)33-23-29(35-15-11-19-43-45(35)53-47(57-43)37-13-7-9-17-41(37)55)21-31(25-33)39-27-40(52-28-51-39)32-22-30(24-34(26-32)50(4,5)6)36-16-12-20-44-46(36)54-48(58-44)38-14-8-10-18-42(38)56/h7-28,55-56H,1-6H3. The summed E-state index contributed by atoms with van der Waals surface area (Å²) >= 11 is -0.0618. The summed E-state index contributed by atoms with van der Waals surface area (Å²) in [5.74, 6) is 0.518. The van der Waals surface area contributed by atoms with Crippen molar-refractivity contribution in [3.05, 3.63) is 145 Å². The van der Waals surface area contributed by atoms with Crippen LogP contribution in [0.3, 0.4) is 0 Å². The van der Waals surface area contributed by atoms with Gasteiger partial charge in [-0.05, 0) is 0 Å². The summed E-state index contributed by atoms with van der Waals surface area (Å²) in [4.78, 5) is 20.0. The Kier molecular flexibility index (Phi) is 9.57. The molecule has 0 radical (unpaired) electrons. The van der Waals surface area contributed by atoms with E-state index in [0.717, 1.165) is 76.1 Å². The molecular formula is C50H42N4O2Se2. The van der Waals surface area contributed by atoms with Gasteiger partial charge in [0.1, 0.15) is 0 Å². The molecule has 3 heterocycles. The number of nitrogens with zero attached hydrogens (tertiary/aromatic N) is 4. The van der Waals surface area contributed by atoms with Crippen molar-refractivity contribution in [1.82, 2.24) is 19.9 Å². The summed E-state index contributed by atoms with van der Waals surface area (Å²) in [6.07, 6.45) is 1.68. The van der Waals surface area contributed by atoms with Gasteiger partial charge in [0.25, 0.3) is 0 Å². The third-order valence-corrected chi connectivity index (χ3v) is 15.0. The molecule has 9 rings (SSSR count). The fourth-order valence-electron chi connectivity index (χ4n) is 7.30. The second kappa shape index (κ2) is 14.6. The number of hydrogen-bond donors (Lipinski definition) is 2. The topological polar surface area (TPSA) is 92.0 Å². The van der Waals surface area contributed by atoms with Gasteiger partial charge in [0.2, 0.25) is 0 Å². The van der Waals surface area contributed by atoms with Gasteiger partial charge < -0.3 is 0 Å². The molecule has 0 aliphatic heterocycles. The molecule has 2 N–H and O–H groups in total. The number of aromatic hydroxyl groups is 2. The molecule has 0 fully saturated rings. The van der Waals surface area contributed by atoms with E-state index in [2.05, 4.69) is 120 Å². The van der Waals surface area contributed by atoms with Crippen molar-refractivity contribution in [3.8, 4) is 76.5 Å². The molecule has 0 aliphatic rings. The maximum absolute atomic E-state index is 10.7. The number of benzene rings is 6. The van der Waals surface area contributed by atoms with Gasteiger partial charge in [-0.2, -0.15) is 0 Å². The van der Waals surface area contributed by atoms with Gasteiger partial charge in [0.05, 0.1) is 0 Å². The summed E-state index contributed by atoms with van der Waals surface area (Å²) in [5.41, 5.74) is 13.7. The van der Waals surface area contributed by atoms with Crippen molar-refractivity contribution >= 4 is 48.6 Å².